The van der Waals surface area contributed by atoms with Crippen molar-refractivity contribution in [3.8, 4) is 17.2 Å². The van der Waals surface area contributed by atoms with Crippen LogP contribution < -0.4 is 14.2 Å². The van der Waals surface area contributed by atoms with E-state index in [-0.39, 0.29) is 5.75 Å². The van der Waals surface area contributed by atoms with Gasteiger partial charge in [-0.3, -0.25) is 4.79 Å². The van der Waals surface area contributed by atoms with Gasteiger partial charge in [0.2, 0.25) is 0 Å². The van der Waals surface area contributed by atoms with E-state index in [1.54, 1.807) is 13.2 Å². The van der Waals surface area contributed by atoms with Crippen LogP contribution in [0.2, 0.25) is 0 Å². The van der Waals surface area contributed by atoms with Crippen molar-refractivity contribution in [1.82, 2.24) is 4.90 Å². The van der Waals surface area contributed by atoms with Gasteiger partial charge in [0.1, 0.15) is 18.1 Å². The van der Waals surface area contributed by atoms with Gasteiger partial charge in [0.05, 0.1) is 19.6 Å². The van der Waals surface area contributed by atoms with Crippen LogP contribution in [0, 0.1) is 11.2 Å². The molecular formula is C26H28FNO5. The highest BCUT2D eigenvalue weighted by atomic mass is 19.1. The van der Waals surface area contributed by atoms with Gasteiger partial charge in [-0.25, -0.2) is 4.39 Å². The fraction of sp³-hybridized carbons (Fsp3) is 0.423. The summed E-state index contributed by atoms with van der Waals surface area (Å²) in [6.45, 7) is 2.52. The van der Waals surface area contributed by atoms with Crippen molar-refractivity contribution < 1.29 is 28.5 Å². The molecule has 0 amide bonds. The van der Waals surface area contributed by atoms with Gasteiger partial charge in [0.15, 0.2) is 11.6 Å². The van der Waals surface area contributed by atoms with Crippen LogP contribution in [-0.2, 0) is 11.4 Å². The molecule has 1 saturated heterocycles. The number of carboxylic acids is 1. The van der Waals surface area contributed by atoms with E-state index in [2.05, 4.69) is 4.90 Å². The zero-order valence-electron chi connectivity index (χ0n) is 18.9. The second kappa shape index (κ2) is 8.37. The molecule has 7 heteroatoms. The van der Waals surface area contributed by atoms with Crippen molar-refractivity contribution in [3.05, 3.63) is 58.4 Å². The van der Waals surface area contributed by atoms with Crippen LogP contribution >= 0.6 is 0 Å². The van der Waals surface area contributed by atoms with E-state index in [0.29, 0.717) is 18.9 Å². The summed E-state index contributed by atoms with van der Waals surface area (Å²) >= 11 is 0. The summed E-state index contributed by atoms with van der Waals surface area (Å²) < 4.78 is 31.5. The Kier molecular flexibility index (Phi) is 5.52. The van der Waals surface area contributed by atoms with E-state index in [0.717, 1.165) is 66.8 Å². The first kappa shape index (κ1) is 21.8. The maximum Gasteiger partial charge on any atom is 0.310 e. The van der Waals surface area contributed by atoms with E-state index < -0.39 is 17.2 Å². The molecule has 2 aromatic rings. The third kappa shape index (κ3) is 3.95. The summed E-state index contributed by atoms with van der Waals surface area (Å²) in [7, 11) is 3.08. The highest BCUT2D eigenvalue weighted by molar-refractivity contribution is 5.87. The highest BCUT2D eigenvalue weighted by Gasteiger charge is 2.51. The molecule has 5 rings (SSSR count). The van der Waals surface area contributed by atoms with Crippen molar-refractivity contribution >= 4 is 11.5 Å². The van der Waals surface area contributed by atoms with Crippen LogP contribution in [0.15, 0.2) is 35.9 Å². The SMILES string of the molecule is COc1ccc2c(c1)COc1cc(OC)c(F)cc1C2=C1CCN(CC2(C(=O)O)CC2)CC1. The Balaban J connectivity index is 1.54. The van der Waals surface area contributed by atoms with Gasteiger partial charge in [-0.1, -0.05) is 11.6 Å². The summed E-state index contributed by atoms with van der Waals surface area (Å²) in [5.74, 6) is 0.379. The van der Waals surface area contributed by atoms with Crippen LogP contribution in [0.3, 0.4) is 0 Å². The number of piperidine rings is 1. The summed E-state index contributed by atoms with van der Waals surface area (Å²) in [5, 5.41) is 9.55. The van der Waals surface area contributed by atoms with E-state index in [1.165, 1.54) is 18.7 Å². The molecule has 0 unspecified atom stereocenters. The molecule has 2 fully saturated rings. The van der Waals surface area contributed by atoms with E-state index >= 15 is 0 Å². The Morgan fingerprint density at radius 1 is 1.12 bits per heavy atom. The summed E-state index contributed by atoms with van der Waals surface area (Å²) in [5.41, 5.74) is 4.40. The summed E-state index contributed by atoms with van der Waals surface area (Å²) in [6.07, 6.45) is 3.11. The van der Waals surface area contributed by atoms with Crippen LogP contribution in [0.25, 0.3) is 5.57 Å². The molecule has 1 N–H and O–H groups in total. The number of fused-ring (bicyclic) bond motifs is 2. The molecule has 6 nitrogen and oxygen atoms in total. The average molecular weight is 454 g/mol. The first-order valence-corrected chi connectivity index (χ1v) is 11.3. The number of carbonyl (C=O) groups is 1. The minimum Gasteiger partial charge on any atom is -0.497 e. The molecule has 0 aromatic heterocycles. The van der Waals surface area contributed by atoms with Gasteiger partial charge >= 0.3 is 5.97 Å². The minimum absolute atomic E-state index is 0.153. The van der Waals surface area contributed by atoms with Crippen molar-refractivity contribution in [2.24, 2.45) is 5.41 Å². The Morgan fingerprint density at radius 2 is 1.88 bits per heavy atom. The predicted molar refractivity (Wildman–Crippen MR) is 121 cm³/mol. The van der Waals surface area contributed by atoms with Gasteiger partial charge in [0.25, 0.3) is 0 Å². The number of carboxylic acid groups (broad SMARTS) is 1. The van der Waals surface area contributed by atoms with Crippen molar-refractivity contribution in [2.75, 3.05) is 33.9 Å². The molecule has 2 aliphatic heterocycles. The number of methoxy groups -OCH3 is 2. The first-order chi connectivity index (χ1) is 15.9. The third-order valence-electron chi connectivity index (χ3n) is 7.13. The molecule has 33 heavy (non-hydrogen) atoms. The van der Waals surface area contributed by atoms with Gasteiger partial charge in [-0.2, -0.15) is 0 Å². The number of hydrogen-bond acceptors (Lipinski definition) is 5. The topological polar surface area (TPSA) is 68.2 Å². The molecule has 0 spiro atoms. The van der Waals surface area contributed by atoms with Crippen molar-refractivity contribution in [1.29, 1.82) is 0 Å². The van der Waals surface area contributed by atoms with Crippen molar-refractivity contribution in [2.45, 2.75) is 32.3 Å². The zero-order chi connectivity index (χ0) is 23.2. The molecule has 1 saturated carbocycles. The number of aliphatic carboxylic acids is 1. The number of benzene rings is 2. The molecule has 0 bridgehead atoms. The van der Waals surface area contributed by atoms with E-state index in [1.807, 2.05) is 18.2 Å². The summed E-state index contributed by atoms with van der Waals surface area (Å²) in [4.78, 5) is 13.9. The lowest BCUT2D eigenvalue weighted by Crippen LogP contribution is -2.38. The van der Waals surface area contributed by atoms with Gasteiger partial charge < -0.3 is 24.2 Å². The molecule has 3 aliphatic rings. The molecule has 0 radical (unpaired) electrons. The van der Waals surface area contributed by atoms with Crippen LogP contribution in [0.1, 0.15) is 42.4 Å². The molecule has 1 aliphatic carbocycles. The third-order valence-corrected chi connectivity index (χ3v) is 7.13. The zero-order valence-corrected chi connectivity index (χ0v) is 18.9. The van der Waals surface area contributed by atoms with Crippen LogP contribution in [-0.4, -0.2) is 49.8 Å². The number of nitrogens with zero attached hydrogens (tertiary/aromatic N) is 1. The number of hydrogen-bond donors (Lipinski definition) is 1. The number of rotatable bonds is 5. The molecule has 174 valence electrons. The monoisotopic (exact) mass is 453 g/mol. The van der Waals surface area contributed by atoms with Gasteiger partial charge in [-0.15, -0.1) is 0 Å². The quantitative estimate of drug-likeness (QED) is 0.719. The highest BCUT2D eigenvalue weighted by Crippen LogP contribution is 2.48. The maximum atomic E-state index is 14.8. The Hall–Kier alpha value is -3.06. The second-order valence-corrected chi connectivity index (χ2v) is 9.13. The second-order valence-electron chi connectivity index (χ2n) is 9.13. The lowest BCUT2D eigenvalue weighted by Gasteiger charge is -2.32. The van der Waals surface area contributed by atoms with Crippen LogP contribution in [0.5, 0.6) is 17.2 Å². The average Bonchev–Trinajstić information content (AvgIpc) is 3.62. The molecular weight excluding hydrogens is 425 g/mol. The lowest BCUT2D eigenvalue weighted by atomic mass is 9.86. The lowest BCUT2D eigenvalue weighted by molar-refractivity contribution is -0.144. The molecule has 2 aromatic carbocycles. The Morgan fingerprint density at radius 3 is 2.52 bits per heavy atom. The molecule has 0 atom stereocenters. The smallest absolute Gasteiger partial charge is 0.310 e. The standard InChI is InChI=1S/C26H28FNO5/c1-31-18-3-4-19-17(11-18)14-33-22-13-23(32-2)21(27)12-20(22)24(19)16-5-9-28(10-6-16)15-26(7-8-26)25(29)30/h3-4,11-13H,5-10,14-15H2,1-2H3,(H,29,30). The fourth-order valence-corrected chi connectivity index (χ4v) is 5.00. The largest absolute Gasteiger partial charge is 0.497 e. The van der Waals surface area contributed by atoms with Crippen LogP contribution in [0.4, 0.5) is 4.39 Å². The maximum absolute atomic E-state index is 14.8. The first-order valence-electron chi connectivity index (χ1n) is 11.3. The van der Waals surface area contributed by atoms with E-state index in [4.69, 9.17) is 14.2 Å². The minimum atomic E-state index is -0.686. The number of halogens is 1. The van der Waals surface area contributed by atoms with Gasteiger partial charge in [0, 0.05) is 36.8 Å². The van der Waals surface area contributed by atoms with Crippen molar-refractivity contribution in [3.63, 3.8) is 0 Å². The summed E-state index contributed by atoms with van der Waals surface area (Å²) in [6, 6.07) is 9.03. The predicted octanol–water partition coefficient (Wildman–Crippen LogP) is 4.50. The number of ether oxygens (including phenoxy) is 3. The van der Waals surface area contributed by atoms with E-state index in [9.17, 15) is 14.3 Å². The Labute approximate surface area is 192 Å². The Bertz CT molecular complexity index is 1130. The number of likely N-dealkylation sites (tertiary alicyclic amines) is 1. The normalized spacial score (nSPS) is 19.1. The van der Waals surface area contributed by atoms with Gasteiger partial charge in [-0.05, 0) is 55.0 Å². The molecule has 2 heterocycles. The fourth-order valence-electron chi connectivity index (χ4n) is 5.00.